The normalized spacial score (nSPS) is 18.4. The zero-order chi connectivity index (χ0) is 24.6. The molecule has 0 bridgehead atoms. The second-order valence-corrected chi connectivity index (χ2v) is 10.4. The lowest BCUT2D eigenvalue weighted by Crippen LogP contribution is -2.48. The number of anilines is 2. The molecule has 9 heteroatoms. The molecule has 8 nitrogen and oxygen atoms in total. The van der Waals surface area contributed by atoms with Crippen LogP contribution in [0.15, 0.2) is 30.5 Å². The molecule has 35 heavy (non-hydrogen) atoms. The van der Waals surface area contributed by atoms with E-state index in [-0.39, 0.29) is 17.4 Å². The van der Waals surface area contributed by atoms with Crippen LogP contribution in [0.2, 0.25) is 5.02 Å². The summed E-state index contributed by atoms with van der Waals surface area (Å²) < 4.78 is 2.05. The Morgan fingerprint density at radius 3 is 2.46 bits per heavy atom. The number of nitrogens with one attached hydrogen (secondary N) is 1. The van der Waals surface area contributed by atoms with E-state index in [9.17, 15) is 4.79 Å². The number of halogens is 1. The van der Waals surface area contributed by atoms with Gasteiger partial charge in [0.25, 0.3) is 0 Å². The molecule has 1 aliphatic heterocycles. The van der Waals surface area contributed by atoms with E-state index in [1.165, 1.54) is 12.0 Å². The molecule has 0 radical (unpaired) electrons. The van der Waals surface area contributed by atoms with E-state index < -0.39 is 0 Å². The average molecular weight is 496 g/mol. The number of benzene rings is 1. The Hall–Kier alpha value is -2.87. The maximum Gasteiger partial charge on any atom is 0.228 e. The molecule has 1 unspecified atom stereocenters. The molecule has 3 aromatic rings. The SMILES string of the molecule is CCC(C)n1ncc2nc(N3CCN(C(C)=O)CC3)nc(NCC3(c4ccc(Cl)cc4)CCC3)c21. The van der Waals surface area contributed by atoms with Crippen LogP contribution in [0, 0.1) is 0 Å². The van der Waals surface area contributed by atoms with E-state index in [1.54, 1.807) is 6.92 Å². The molecule has 1 N–H and O–H groups in total. The highest BCUT2D eigenvalue weighted by atomic mass is 35.5. The van der Waals surface area contributed by atoms with Gasteiger partial charge in [-0.2, -0.15) is 10.1 Å². The number of hydrogen-bond donors (Lipinski definition) is 1. The zero-order valence-electron chi connectivity index (χ0n) is 20.8. The lowest BCUT2D eigenvalue weighted by Gasteiger charge is -2.43. The van der Waals surface area contributed by atoms with Gasteiger partial charge in [-0.05, 0) is 43.9 Å². The lowest BCUT2D eigenvalue weighted by molar-refractivity contribution is -0.129. The first-order valence-electron chi connectivity index (χ1n) is 12.7. The Morgan fingerprint density at radius 1 is 1.14 bits per heavy atom. The molecule has 186 valence electrons. The number of hydrogen-bond acceptors (Lipinski definition) is 6. The third kappa shape index (κ3) is 4.56. The van der Waals surface area contributed by atoms with Gasteiger partial charge in [-0.3, -0.25) is 9.48 Å². The van der Waals surface area contributed by atoms with E-state index in [4.69, 9.17) is 21.6 Å². The maximum atomic E-state index is 11.8. The molecule has 5 rings (SSSR count). The fourth-order valence-electron chi connectivity index (χ4n) is 5.17. The van der Waals surface area contributed by atoms with Gasteiger partial charge < -0.3 is 15.1 Å². The number of piperazine rings is 1. The summed E-state index contributed by atoms with van der Waals surface area (Å²) in [5.41, 5.74) is 3.20. The van der Waals surface area contributed by atoms with Crippen LogP contribution in [0.4, 0.5) is 11.8 Å². The Balaban J connectivity index is 1.47. The van der Waals surface area contributed by atoms with Crippen LogP contribution in [0.1, 0.15) is 58.1 Å². The molecule has 2 fully saturated rings. The van der Waals surface area contributed by atoms with Gasteiger partial charge in [-0.15, -0.1) is 0 Å². The Labute approximate surface area is 211 Å². The fourth-order valence-corrected chi connectivity index (χ4v) is 5.30. The number of aromatic nitrogens is 4. The second kappa shape index (κ2) is 9.64. The standard InChI is InChI=1S/C26H34ClN7O/c1-4-18(2)34-23-22(16-29-34)30-25(33-14-12-32(13-15-33)19(3)35)31-24(23)28-17-26(10-5-11-26)20-6-8-21(27)9-7-20/h6-9,16,18H,4-5,10-15,17H2,1-3H3,(H,28,30,31). The molecule has 2 aliphatic rings. The first kappa shape index (κ1) is 23.9. The molecule has 2 aromatic heterocycles. The molecule has 1 saturated carbocycles. The summed E-state index contributed by atoms with van der Waals surface area (Å²) in [6.45, 7) is 9.57. The summed E-state index contributed by atoms with van der Waals surface area (Å²) in [4.78, 5) is 25.7. The quantitative estimate of drug-likeness (QED) is 0.514. The monoisotopic (exact) mass is 495 g/mol. The van der Waals surface area contributed by atoms with Gasteiger partial charge in [-0.1, -0.05) is 37.1 Å². The van der Waals surface area contributed by atoms with Crippen molar-refractivity contribution >= 4 is 40.3 Å². The molecular weight excluding hydrogens is 462 g/mol. The molecule has 1 atom stereocenters. The number of carbonyl (C=O) groups excluding carboxylic acids is 1. The highest BCUT2D eigenvalue weighted by Gasteiger charge is 2.39. The van der Waals surface area contributed by atoms with Crippen molar-refractivity contribution in [2.24, 2.45) is 0 Å². The Kier molecular flexibility index (Phi) is 6.57. The Morgan fingerprint density at radius 2 is 1.86 bits per heavy atom. The molecule has 0 spiro atoms. The number of amides is 1. The van der Waals surface area contributed by atoms with Crippen LogP contribution < -0.4 is 10.2 Å². The van der Waals surface area contributed by atoms with Gasteiger partial charge in [0.2, 0.25) is 11.9 Å². The molecule has 1 amide bonds. The van der Waals surface area contributed by atoms with Crippen LogP contribution in [0.5, 0.6) is 0 Å². The first-order valence-corrected chi connectivity index (χ1v) is 13.0. The minimum atomic E-state index is 0.0797. The van der Waals surface area contributed by atoms with Crippen molar-refractivity contribution in [2.75, 3.05) is 42.9 Å². The number of carbonyl (C=O) groups is 1. The van der Waals surface area contributed by atoms with Crippen molar-refractivity contribution in [1.29, 1.82) is 0 Å². The summed E-state index contributed by atoms with van der Waals surface area (Å²) in [5.74, 6) is 1.64. The van der Waals surface area contributed by atoms with Gasteiger partial charge in [0, 0.05) is 56.1 Å². The van der Waals surface area contributed by atoms with Gasteiger partial charge in [0.05, 0.1) is 6.20 Å². The predicted octanol–water partition coefficient (Wildman–Crippen LogP) is 4.65. The van der Waals surface area contributed by atoms with Gasteiger partial charge in [0.15, 0.2) is 5.82 Å². The summed E-state index contributed by atoms with van der Waals surface area (Å²) in [7, 11) is 0. The largest absolute Gasteiger partial charge is 0.367 e. The van der Waals surface area contributed by atoms with Gasteiger partial charge >= 0.3 is 0 Å². The predicted molar refractivity (Wildman–Crippen MR) is 140 cm³/mol. The van der Waals surface area contributed by atoms with E-state index in [2.05, 4.69) is 41.3 Å². The average Bonchev–Trinajstić information content (AvgIpc) is 3.28. The van der Waals surface area contributed by atoms with Gasteiger partial charge in [-0.25, -0.2) is 4.98 Å². The number of nitrogens with zero attached hydrogens (tertiary/aromatic N) is 6. The van der Waals surface area contributed by atoms with Crippen LogP contribution >= 0.6 is 11.6 Å². The van der Waals surface area contributed by atoms with Crippen molar-refractivity contribution in [3.8, 4) is 0 Å². The molecule has 1 aliphatic carbocycles. The highest BCUT2D eigenvalue weighted by Crippen LogP contribution is 2.44. The van der Waals surface area contributed by atoms with E-state index in [0.717, 1.165) is 60.8 Å². The second-order valence-electron chi connectivity index (χ2n) is 9.94. The summed E-state index contributed by atoms with van der Waals surface area (Å²) in [5, 5.41) is 9.17. The summed E-state index contributed by atoms with van der Waals surface area (Å²) in [6, 6.07) is 8.52. The first-order chi connectivity index (χ1) is 16.9. The summed E-state index contributed by atoms with van der Waals surface area (Å²) in [6.07, 6.45) is 6.32. The van der Waals surface area contributed by atoms with Crippen molar-refractivity contribution in [3.63, 3.8) is 0 Å². The minimum absolute atomic E-state index is 0.0797. The minimum Gasteiger partial charge on any atom is -0.367 e. The van der Waals surface area contributed by atoms with Crippen LogP contribution in [0.3, 0.4) is 0 Å². The van der Waals surface area contributed by atoms with Crippen molar-refractivity contribution in [3.05, 3.63) is 41.0 Å². The fraction of sp³-hybridized carbons (Fsp3) is 0.538. The van der Waals surface area contributed by atoms with Crippen LogP contribution in [0.25, 0.3) is 11.0 Å². The van der Waals surface area contributed by atoms with Crippen LogP contribution in [-0.4, -0.2) is 63.3 Å². The Bertz CT molecular complexity index is 1200. The summed E-state index contributed by atoms with van der Waals surface area (Å²) >= 11 is 6.16. The van der Waals surface area contributed by atoms with Crippen LogP contribution in [-0.2, 0) is 10.2 Å². The van der Waals surface area contributed by atoms with E-state index in [0.29, 0.717) is 19.0 Å². The van der Waals surface area contributed by atoms with Crippen molar-refractivity contribution < 1.29 is 4.79 Å². The van der Waals surface area contributed by atoms with E-state index in [1.807, 2.05) is 27.9 Å². The third-order valence-electron chi connectivity index (χ3n) is 7.81. The zero-order valence-corrected chi connectivity index (χ0v) is 21.6. The van der Waals surface area contributed by atoms with Crippen molar-refractivity contribution in [2.45, 2.75) is 57.9 Å². The smallest absolute Gasteiger partial charge is 0.228 e. The van der Waals surface area contributed by atoms with Gasteiger partial charge in [0.1, 0.15) is 11.0 Å². The molecule has 3 heterocycles. The molecule has 1 aromatic carbocycles. The molecular formula is C26H34ClN7O. The highest BCUT2D eigenvalue weighted by molar-refractivity contribution is 6.30. The maximum absolute atomic E-state index is 11.8. The molecule has 1 saturated heterocycles. The van der Waals surface area contributed by atoms with E-state index >= 15 is 0 Å². The topological polar surface area (TPSA) is 79.2 Å². The third-order valence-corrected chi connectivity index (χ3v) is 8.06. The number of fused-ring (bicyclic) bond motifs is 1. The van der Waals surface area contributed by atoms with Crippen molar-refractivity contribution in [1.82, 2.24) is 24.6 Å². The lowest BCUT2D eigenvalue weighted by atomic mass is 9.64. The number of rotatable bonds is 7.